The van der Waals surface area contributed by atoms with Crippen molar-refractivity contribution in [3.05, 3.63) is 58.1 Å². The Morgan fingerprint density at radius 3 is 2.65 bits per heavy atom. The molecule has 1 aromatic heterocycles. The van der Waals surface area contributed by atoms with Gasteiger partial charge in [-0.1, -0.05) is 41.4 Å². The molecule has 0 aliphatic carbocycles. The first-order chi connectivity index (χ1) is 15.0. The number of methoxy groups -OCH3 is 1. The lowest BCUT2D eigenvalue weighted by molar-refractivity contribution is -0.153. The molecular formula is C22H21Cl2N3O4. The second-order valence-corrected chi connectivity index (χ2v) is 7.92. The van der Waals surface area contributed by atoms with E-state index in [0.717, 1.165) is 5.52 Å². The van der Waals surface area contributed by atoms with Gasteiger partial charge in [-0.2, -0.15) is 0 Å². The Kier molecular flexibility index (Phi) is 6.18. The number of imidazole rings is 1. The third-order valence-corrected chi connectivity index (χ3v) is 6.03. The Morgan fingerprint density at radius 2 is 1.94 bits per heavy atom. The standard InChI is InChI=1S/C22H21Cl2N3O4/c1-3-31-21(29)18-19(13-8-9-14(23)15(24)12-13)27-17-7-5-4-6-16(17)25-22(27)26(20(18)28)10-11-30-2/h4-9,12,18-19H,3,10-11H2,1-2H3/t18-,19+/m1/s1. The predicted octanol–water partition coefficient (Wildman–Crippen LogP) is 4.10. The van der Waals surface area contributed by atoms with Gasteiger partial charge >= 0.3 is 5.97 Å². The van der Waals surface area contributed by atoms with Crippen LogP contribution in [0.25, 0.3) is 11.0 Å². The second kappa shape index (κ2) is 8.86. The van der Waals surface area contributed by atoms with Crippen LogP contribution >= 0.6 is 23.2 Å². The number of benzene rings is 2. The van der Waals surface area contributed by atoms with Gasteiger partial charge in [0.15, 0.2) is 5.92 Å². The normalized spacial score (nSPS) is 18.3. The van der Waals surface area contributed by atoms with Crippen molar-refractivity contribution >= 4 is 52.1 Å². The Labute approximate surface area is 189 Å². The molecule has 1 aliphatic heterocycles. The van der Waals surface area contributed by atoms with Crippen molar-refractivity contribution in [2.75, 3.05) is 31.8 Å². The molecule has 0 radical (unpaired) electrons. The highest BCUT2D eigenvalue weighted by molar-refractivity contribution is 6.42. The van der Waals surface area contributed by atoms with Crippen molar-refractivity contribution in [1.82, 2.24) is 9.55 Å². The average Bonchev–Trinajstić information content (AvgIpc) is 3.13. The fourth-order valence-corrected chi connectivity index (χ4v) is 4.25. The van der Waals surface area contributed by atoms with Crippen LogP contribution in [0.4, 0.5) is 5.95 Å². The van der Waals surface area contributed by atoms with Crippen molar-refractivity contribution < 1.29 is 19.1 Å². The molecule has 162 valence electrons. The monoisotopic (exact) mass is 461 g/mol. The molecule has 0 saturated heterocycles. The number of ether oxygens (including phenoxy) is 2. The van der Waals surface area contributed by atoms with Gasteiger partial charge in [0.25, 0.3) is 0 Å². The number of aromatic nitrogens is 2. The molecule has 9 heteroatoms. The van der Waals surface area contributed by atoms with Crippen molar-refractivity contribution in [3.8, 4) is 0 Å². The third kappa shape index (κ3) is 3.78. The number of hydrogen-bond acceptors (Lipinski definition) is 5. The zero-order chi connectivity index (χ0) is 22.1. The summed E-state index contributed by atoms with van der Waals surface area (Å²) in [6.45, 7) is 2.41. The smallest absolute Gasteiger partial charge is 0.321 e. The second-order valence-electron chi connectivity index (χ2n) is 7.10. The molecule has 0 saturated carbocycles. The number of esters is 1. The summed E-state index contributed by atoms with van der Waals surface area (Å²) in [5.41, 5.74) is 2.16. The van der Waals surface area contributed by atoms with Crippen molar-refractivity contribution in [3.63, 3.8) is 0 Å². The van der Waals surface area contributed by atoms with Crippen LogP contribution in [0, 0.1) is 5.92 Å². The fourth-order valence-electron chi connectivity index (χ4n) is 3.94. The van der Waals surface area contributed by atoms with Crippen LogP contribution in [-0.4, -0.2) is 48.3 Å². The van der Waals surface area contributed by atoms with Crippen LogP contribution in [0.3, 0.4) is 0 Å². The largest absolute Gasteiger partial charge is 0.465 e. The molecule has 4 rings (SSSR count). The molecule has 0 N–H and O–H groups in total. The van der Waals surface area contributed by atoms with E-state index in [1.165, 1.54) is 4.90 Å². The van der Waals surface area contributed by atoms with Crippen LogP contribution in [0.2, 0.25) is 10.0 Å². The number of rotatable bonds is 6. The lowest BCUT2D eigenvalue weighted by Gasteiger charge is -2.37. The van der Waals surface area contributed by atoms with E-state index in [4.69, 9.17) is 37.7 Å². The van der Waals surface area contributed by atoms with Crippen molar-refractivity contribution in [2.24, 2.45) is 5.92 Å². The average molecular weight is 462 g/mol. The first kappa shape index (κ1) is 21.6. The zero-order valence-corrected chi connectivity index (χ0v) is 18.6. The van der Waals surface area contributed by atoms with Crippen molar-refractivity contribution in [2.45, 2.75) is 13.0 Å². The van der Waals surface area contributed by atoms with E-state index in [-0.39, 0.29) is 13.2 Å². The number of carbonyl (C=O) groups excluding carboxylic acids is 2. The molecule has 0 bridgehead atoms. The van der Waals surface area contributed by atoms with Crippen LogP contribution in [0.15, 0.2) is 42.5 Å². The summed E-state index contributed by atoms with van der Waals surface area (Å²) in [6.07, 6.45) is 0. The maximum absolute atomic E-state index is 13.6. The molecule has 0 spiro atoms. The topological polar surface area (TPSA) is 73.7 Å². The van der Waals surface area contributed by atoms with E-state index in [9.17, 15) is 9.59 Å². The van der Waals surface area contributed by atoms with Gasteiger partial charge < -0.3 is 14.0 Å². The Balaban J connectivity index is 1.99. The van der Waals surface area contributed by atoms with E-state index in [2.05, 4.69) is 0 Å². The van der Waals surface area contributed by atoms with Gasteiger partial charge in [0, 0.05) is 7.11 Å². The van der Waals surface area contributed by atoms with Crippen LogP contribution in [0.5, 0.6) is 0 Å². The Morgan fingerprint density at radius 1 is 1.16 bits per heavy atom. The van der Waals surface area contributed by atoms with Gasteiger partial charge in [-0.15, -0.1) is 0 Å². The summed E-state index contributed by atoms with van der Waals surface area (Å²) >= 11 is 12.4. The summed E-state index contributed by atoms with van der Waals surface area (Å²) in [6, 6.07) is 11.9. The highest BCUT2D eigenvalue weighted by Gasteiger charge is 2.47. The van der Waals surface area contributed by atoms with Crippen LogP contribution < -0.4 is 4.90 Å². The van der Waals surface area contributed by atoms with E-state index >= 15 is 0 Å². The highest BCUT2D eigenvalue weighted by Crippen LogP contribution is 2.42. The zero-order valence-electron chi connectivity index (χ0n) is 17.0. The molecule has 1 amide bonds. The van der Waals surface area contributed by atoms with E-state index < -0.39 is 23.8 Å². The van der Waals surface area contributed by atoms with E-state index in [1.807, 2.05) is 28.8 Å². The first-order valence-electron chi connectivity index (χ1n) is 9.86. The molecule has 0 unspecified atom stereocenters. The number of anilines is 1. The quantitative estimate of drug-likeness (QED) is 0.407. The minimum absolute atomic E-state index is 0.159. The molecular weight excluding hydrogens is 441 g/mol. The minimum atomic E-state index is -1.11. The SMILES string of the molecule is CCOC(=O)[C@H]1C(=O)N(CCOC)c2nc3ccccc3n2[C@H]1c1ccc(Cl)c(Cl)c1. The van der Waals surface area contributed by atoms with Gasteiger partial charge in [0.2, 0.25) is 11.9 Å². The molecule has 2 heterocycles. The van der Waals surface area contributed by atoms with Crippen LogP contribution in [-0.2, 0) is 19.1 Å². The van der Waals surface area contributed by atoms with E-state index in [1.54, 1.807) is 32.2 Å². The molecule has 0 fully saturated rings. The number of halogens is 2. The number of nitrogens with zero attached hydrogens (tertiary/aromatic N) is 3. The molecule has 2 aromatic carbocycles. The molecule has 31 heavy (non-hydrogen) atoms. The van der Waals surface area contributed by atoms with Gasteiger partial charge in [-0.3, -0.25) is 14.5 Å². The highest BCUT2D eigenvalue weighted by atomic mass is 35.5. The van der Waals surface area contributed by atoms with Crippen LogP contribution in [0.1, 0.15) is 18.5 Å². The minimum Gasteiger partial charge on any atom is -0.465 e. The molecule has 2 atom stereocenters. The lowest BCUT2D eigenvalue weighted by Crippen LogP contribution is -2.51. The number of hydrogen-bond donors (Lipinski definition) is 0. The van der Waals surface area contributed by atoms with Gasteiger partial charge in [-0.25, -0.2) is 4.98 Å². The maximum Gasteiger partial charge on any atom is 0.321 e. The number of fused-ring (bicyclic) bond motifs is 3. The van der Waals surface area contributed by atoms with Crippen molar-refractivity contribution in [1.29, 1.82) is 0 Å². The Hall–Kier alpha value is -2.61. The van der Waals surface area contributed by atoms with E-state index in [0.29, 0.717) is 33.7 Å². The summed E-state index contributed by atoms with van der Waals surface area (Å²) in [7, 11) is 1.55. The summed E-state index contributed by atoms with van der Waals surface area (Å²) in [5, 5.41) is 0.722. The molecule has 1 aliphatic rings. The Bertz CT molecular complexity index is 1150. The van der Waals surface area contributed by atoms with Gasteiger partial charge in [-0.05, 0) is 36.8 Å². The lowest BCUT2D eigenvalue weighted by atomic mass is 9.89. The predicted molar refractivity (Wildman–Crippen MR) is 119 cm³/mol. The third-order valence-electron chi connectivity index (χ3n) is 5.29. The number of carbonyl (C=O) groups is 2. The first-order valence-corrected chi connectivity index (χ1v) is 10.6. The fraction of sp³-hybridized carbons (Fsp3) is 0.318. The van der Waals surface area contributed by atoms with Gasteiger partial charge in [0.05, 0.1) is 46.9 Å². The van der Waals surface area contributed by atoms with Gasteiger partial charge in [0.1, 0.15) is 0 Å². The number of para-hydroxylation sites is 2. The summed E-state index contributed by atoms with van der Waals surface area (Å²) < 4.78 is 12.4. The summed E-state index contributed by atoms with van der Waals surface area (Å²) in [4.78, 5) is 32.8. The molecule has 3 aromatic rings. The summed E-state index contributed by atoms with van der Waals surface area (Å²) in [5.74, 6) is -1.66. The number of amides is 1. The molecule has 7 nitrogen and oxygen atoms in total. The maximum atomic E-state index is 13.6.